The number of fused-ring (bicyclic) bond motifs is 1. The van der Waals surface area contributed by atoms with Crippen molar-refractivity contribution in [1.29, 1.82) is 0 Å². The lowest BCUT2D eigenvalue weighted by atomic mass is 9.85. The standard InChI is InChI=1S/C17H23F3N4O/c1-10-7-15-21-13(8-14(17(18,19)20)24(15)22-10)12-3-2-6-23(9-12)16(25)11-4-5-11/h7,11-14,21H,2-6,8-9H2,1H3/t12?,13-,14+/m0/s1. The van der Waals surface area contributed by atoms with Crippen LogP contribution in [0.4, 0.5) is 19.0 Å². The van der Waals surface area contributed by atoms with Crippen molar-refractivity contribution in [3.8, 4) is 0 Å². The number of carbonyl (C=O) groups is 1. The van der Waals surface area contributed by atoms with Crippen LogP contribution in [0.25, 0.3) is 0 Å². The van der Waals surface area contributed by atoms with Crippen molar-refractivity contribution in [3.63, 3.8) is 0 Å². The highest BCUT2D eigenvalue weighted by Gasteiger charge is 2.48. The van der Waals surface area contributed by atoms with Crippen molar-refractivity contribution >= 4 is 11.7 Å². The minimum absolute atomic E-state index is 0.0340. The van der Waals surface area contributed by atoms with Crippen LogP contribution in [0.5, 0.6) is 0 Å². The molecule has 0 spiro atoms. The fourth-order valence-electron chi connectivity index (χ4n) is 4.16. The monoisotopic (exact) mass is 356 g/mol. The first-order valence-corrected chi connectivity index (χ1v) is 9.01. The Morgan fingerprint density at radius 3 is 2.76 bits per heavy atom. The molecule has 3 atom stereocenters. The first-order chi connectivity index (χ1) is 11.8. The molecule has 1 amide bonds. The molecule has 2 fully saturated rings. The predicted molar refractivity (Wildman–Crippen MR) is 86.1 cm³/mol. The Labute approximate surface area is 144 Å². The van der Waals surface area contributed by atoms with Gasteiger partial charge in [-0.2, -0.15) is 18.3 Å². The topological polar surface area (TPSA) is 50.2 Å². The largest absolute Gasteiger partial charge is 0.410 e. The maximum Gasteiger partial charge on any atom is 0.410 e. The SMILES string of the molecule is Cc1cc2n(n1)[C@@H](C(F)(F)F)C[C@@H](C1CCCN(C(=O)C3CC3)C1)N2. The summed E-state index contributed by atoms with van der Waals surface area (Å²) in [5, 5.41) is 7.28. The summed E-state index contributed by atoms with van der Waals surface area (Å²) in [5.74, 6) is 0.825. The number of hydrogen-bond acceptors (Lipinski definition) is 3. The van der Waals surface area contributed by atoms with Crippen molar-refractivity contribution in [2.24, 2.45) is 11.8 Å². The van der Waals surface area contributed by atoms with E-state index in [9.17, 15) is 18.0 Å². The van der Waals surface area contributed by atoms with Gasteiger partial charge in [0.15, 0.2) is 6.04 Å². The molecule has 0 aromatic carbocycles. The molecule has 1 unspecified atom stereocenters. The van der Waals surface area contributed by atoms with E-state index in [-0.39, 0.29) is 30.2 Å². The highest BCUT2D eigenvalue weighted by molar-refractivity contribution is 5.81. The number of nitrogens with one attached hydrogen (secondary N) is 1. The van der Waals surface area contributed by atoms with Crippen molar-refractivity contribution in [2.75, 3.05) is 18.4 Å². The summed E-state index contributed by atoms with van der Waals surface area (Å²) in [7, 11) is 0. The summed E-state index contributed by atoms with van der Waals surface area (Å²) >= 11 is 0. The highest BCUT2D eigenvalue weighted by atomic mass is 19.4. The number of alkyl halides is 3. The molecule has 5 nitrogen and oxygen atoms in total. The maximum absolute atomic E-state index is 13.5. The average Bonchev–Trinajstić information content (AvgIpc) is 3.33. The van der Waals surface area contributed by atoms with Gasteiger partial charge in [0.05, 0.1) is 5.69 Å². The molecule has 1 aromatic rings. The fourth-order valence-corrected chi connectivity index (χ4v) is 4.16. The molecule has 8 heteroatoms. The summed E-state index contributed by atoms with van der Waals surface area (Å²) < 4.78 is 41.7. The van der Waals surface area contributed by atoms with E-state index in [0.717, 1.165) is 36.9 Å². The molecule has 1 aliphatic carbocycles. The lowest BCUT2D eigenvalue weighted by Crippen LogP contribution is -2.49. The van der Waals surface area contributed by atoms with Gasteiger partial charge in [-0.15, -0.1) is 0 Å². The number of likely N-dealkylation sites (tertiary alicyclic amines) is 1. The molecule has 25 heavy (non-hydrogen) atoms. The Bertz CT molecular complexity index is 667. The van der Waals surface area contributed by atoms with Gasteiger partial charge in [-0.3, -0.25) is 4.79 Å². The van der Waals surface area contributed by atoms with Crippen LogP contribution in [0.3, 0.4) is 0 Å². The molecule has 138 valence electrons. The van der Waals surface area contributed by atoms with Gasteiger partial charge in [0.2, 0.25) is 5.91 Å². The number of hydrogen-bond donors (Lipinski definition) is 1. The van der Waals surface area contributed by atoms with Gasteiger partial charge in [0, 0.05) is 31.1 Å². The number of rotatable bonds is 2. The van der Waals surface area contributed by atoms with E-state index in [1.807, 2.05) is 4.90 Å². The van der Waals surface area contributed by atoms with Crippen molar-refractivity contribution in [3.05, 3.63) is 11.8 Å². The van der Waals surface area contributed by atoms with Crippen LogP contribution < -0.4 is 5.32 Å². The van der Waals surface area contributed by atoms with Gasteiger partial charge in [0.25, 0.3) is 0 Å². The molecule has 0 radical (unpaired) electrons. The van der Waals surface area contributed by atoms with Crippen molar-refractivity contribution in [2.45, 2.75) is 57.3 Å². The first-order valence-electron chi connectivity index (χ1n) is 9.01. The lowest BCUT2D eigenvalue weighted by Gasteiger charge is -2.41. The number of nitrogens with zero attached hydrogens (tertiary/aromatic N) is 3. The number of anilines is 1. The third-order valence-corrected chi connectivity index (χ3v) is 5.61. The molecule has 3 heterocycles. The second kappa shape index (κ2) is 5.92. The average molecular weight is 356 g/mol. The number of halogens is 3. The summed E-state index contributed by atoms with van der Waals surface area (Å²) in [6.45, 7) is 3.00. The van der Waals surface area contributed by atoms with E-state index < -0.39 is 12.2 Å². The Morgan fingerprint density at radius 2 is 2.08 bits per heavy atom. The molecule has 1 saturated carbocycles. The fraction of sp³-hybridized carbons (Fsp3) is 0.765. The number of amides is 1. The molecule has 1 saturated heterocycles. The molecule has 1 N–H and O–H groups in total. The van der Waals surface area contributed by atoms with Gasteiger partial charge in [-0.05, 0) is 44.9 Å². The molecular weight excluding hydrogens is 333 g/mol. The van der Waals surface area contributed by atoms with E-state index in [4.69, 9.17) is 0 Å². The third kappa shape index (κ3) is 3.22. The zero-order valence-corrected chi connectivity index (χ0v) is 14.2. The van der Waals surface area contributed by atoms with Crippen LogP contribution in [0, 0.1) is 18.8 Å². The van der Waals surface area contributed by atoms with E-state index in [0.29, 0.717) is 18.1 Å². The Balaban J connectivity index is 1.53. The number of aromatic nitrogens is 2. The molecule has 1 aromatic heterocycles. The second-order valence-electron chi connectivity index (χ2n) is 7.62. The molecule has 2 aliphatic heterocycles. The van der Waals surface area contributed by atoms with Gasteiger partial charge in [-0.25, -0.2) is 4.68 Å². The van der Waals surface area contributed by atoms with Crippen molar-refractivity contribution < 1.29 is 18.0 Å². The van der Waals surface area contributed by atoms with Crippen molar-refractivity contribution in [1.82, 2.24) is 14.7 Å². The summed E-state index contributed by atoms with van der Waals surface area (Å²) in [5.41, 5.74) is 0.576. The summed E-state index contributed by atoms with van der Waals surface area (Å²) in [6, 6.07) is -0.220. The van der Waals surface area contributed by atoms with E-state index in [1.54, 1.807) is 13.0 Å². The van der Waals surface area contributed by atoms with Crippen LogP contribution in [-0.2, 0) is 4.79 Å². The van der Waals surface area contributed by atoms with Crippen LogP contribution in [0.1, 0.15) is 43.8 Å². The lowest BCUT2D eigenvalue weighted by molar-refractivity contribution is -0.175. The zero-order valence-electron chi connectivity index (χ0n) is 14.2. The van der Waals surface area contributed by atoms with Crippen LogP contribution in [-0.4, -0.2) is 45.9 Å². The Hall–Kier alpha value is -1.73. The minimum atomic E-state index is -4.33. The molecule has 0 bridgehead atoms. The molecule has 4 rings (SSSR count). The van der Waals surface area contributed by atoms with E-state index >= 15 is 0 Å². The molecular formula is C17H23F3N4O. The zero-order chi connectivity index (χ0) is 17.8. The van der Waals surface area contributed by atoms with Gasteiger partial charge < -0.3 is 10.2 Å². The van der Waals surface area contributed by atoms with E-state index in [1.165, 1.54) is 0 Å². The van der Waals surface area contributed by atoms with Gasteiger partial charge in [0.1, 0.15) is 5.82 Å². The second-order valence-corrected chi connectivity index (χ2v) is 7.62. The smallest absolute Gasteiger partial charge is 0.367 e. The van der Waals surface area contributed by atoms with Gasteiger partial charge in [-0.1, -0.05) is 0 Å². The number of carbonyl (C=O) groups excluding carboxylic acids is 1. The van der Waals surface area contributed by atoms with E-state index in [2.05, 4.69) is 10.4 Å². The van der Waals surface area contributed by atoms with Crippen LogP contribution in [0.15, 0.2) is 6.07 Å². The predicted octanol–water partition coefficient (Wildman–Crippen LogP) is 3.13. The van der Waals surface area contributed by atoms with Gasteiger partial charge >= 0.3 is 6.18 Å². The van der Waals surface area contributed by atoms with Crippen LogP contribution in [0.2, 0.25) is 0 Å². The first kappa shape index (κ1) is 16.7. The number of piperidine rings is 1. The Kier molecular flexibility index (Phi) is 3.96. The maximum atomic E-state index is 13.5. The van der Waals surface area contributed by atoms with Crippen LogP contribution >= 0.6 is 0 Å². The summed E-state index contributed by atoms with van der Waals surface area (Å²) in [4.78, 5) is 14.2. The third-order valence-electron chi connectivity index (χ3n) is 5.61. The number of aryl methyl sites for hydroxylation is 1. The highest BCUT2D eigenvalue weighted by Crippen LogP contribution is 2.42. The quantitative estimate of drug-likeness (QED) is 0.886. The molecule has 3 aliphatic rings. The Morgan fingerprint density at radius 1 is 1.32 bits per heavy atom. The minimum Gasteiger partial charge on any atom is -0.367 e. The summed E-state index contributed by atoms with van der Waals surface area (Å²) in [6.07, 6.45) is -0.744. The normalized spacial score (nSPS) is 29.9.